The van der Waals surface area contributed by atoms with Gasteiger partial charge in [0.1, 0.15) is 5.82 Å². The van der Waals surface area contributed by atoms with Crippen LogP contribution in [0.2, 0.25) is 0 Å². The average Bonchev–Trinajstić information content (AvgIpc) is 3.54. The third-order valence-corrected chi connectivity index (χ3v) is 7.93. The quantitative estimate of drug-likeness (QED) is 0.608. The van der Waals surface area contributed by atoms with E-state index in [0.29, 0.717) is 23.1 Å². The number of halogens is 3. The molecule has 3 fully saturated rings. The Morgan fingerprint density at radius 1 is 1.17 bits per heavy atom. The van der Waals surface area contributed by atoms with Gasteiger partial charge in [-0.05, 0) is 37.6 Å². The van der Waals surface area contributed by atoms with Gasteiger partial charge in [-0.15, -0.1) is 0 Å². The number of piperidine rings is 1. The lowest BCUT2D eigenvalue weighted by Crippen LogP contribution is -2.32. The number of likely N-dealkylation sites (tertiary alicyclic amines) is 1. The van der Waals surface area contributed by atoms with Crippen molar-refractivity contribution in [1.29, 1.82) is 0 Å². The van der Waals surface area contributed by atoms with Crippen molar-refractivity contribution in [1.82, 2.24) is 14.8 Å². The van der Waals surface area contributed by atoms with Gasteiger partial charge in [0, 0.05) is 43.0 Å². The molecule has 0 bridgehead atoms. The van der Waals surface area contributed by atoms with Crippen LogP contribution < -0.4 is 16.2 Å². The molecular formula is C26H31F3N4O2. The monoisotopic (exact) mass is 488 g/mol. The molecule has 2 aromatic rings. The lowest BCUT2D eigenvalue weighted by molar-refractivity contribution is 0.0939. The molecule has 35 heavy (non-hydrogen) atoms. The van der Waals surface area contributed by atoms with E-state index >= 15 is 0 Å². The zero-order valence-electron chi connectivity index (χ0n) is 20.3. The lowest BCUT2D eigenvalue weighted by atomic mass is 10.0. The van der Waals surface area contributed by atoms with Crippen LogP contribution in [0.5, 0.6) is 0 Å². The standard InChI is InChI=1S/C26H31F3N4O2/c1-13(14-6-5-7-15(22(14)27)24(28)29)30-25(35)18-12-33(20-9-26(20,2)3)21(34)8-19(18)31-23-16-10-32(4)11-17(16)23/h5-8,12-13,16-17,20,23-24,31H,9-11H2,1-4H3,(H,30,35)/t13-,16-,17+,20+,23+/m1/s1. The first-order valence-electron chi connectivity index (χ1n) is 12.1. The van der Waals surface area contributed by atoms with Gasteiger partial charge in [0.2, 0.25) is 0 Å². The summed E-state index contributed by atoms with van der Waals surface area (Å²) in [6.45, 7) is 7.62. The molecule has 1 aromatic heterocycles. The second-order valence-corrected chi connectivity index (χ2v) is 11.0. The average molecular weight is 489 g/mol. The lowest BCUT2D eigenvalue weighted by Gasteiger charge is -2.20. The fraction of sp³-hybridized carbons (Fsp3) is 0.538. The van der Waals surface area contributed by atoms with Crippen LogP contribution in [-0.2, 0) is 0 Å². The summed E-state index contributed by atoms with van der Waals surface area (Å²) in [5.74, 6) is -0.554. The second-order valence-electron chi connectivity index (χ2n) is 11.0. The van der Waals surface area contributed by atoms with Crippen LogP contribution >= 0.6 is 0 Å². The van der Waals surface area contributed by atoms with Gasteiger partial charge >= 0.3 is 0 Å². The third kappa shape index (κ3) is 4.35. The molecule has 2 saturated carbocycles. The maximum atomic E-state index is 14.7. The SMILES string of the molecule is C[C@@H](NC(=O)c1cn([C@H]2CC2(C)C)c(=O)cc1N[C@H]1[C@@H]2CN(C)C[C@@H]21)c1cccc(C(F)F)c1F. The second kappa shape index (κ2) is 8.40. The van der Waals surface area contributed by atoms with E-state index in [1.165, 1.54) is 18.2 Å². The van der Waals surface area contributed by atoms with Crippen molar-refractivity contribution in [2.24, 2.45) is 17.3 Å². The number of carbonyl (C=O) groups excluding carboxylic acids is 1. The fourth-order valence-electron chi connectivity index (χ4n) is 5.56. The summed E-state index contributed by atoms with van der Waals surface area (Å²) < 4.78 is 42.6. The Bertz CT molecular complexity index is 1220. The van der Waals surface area contributed by atoms with Crippen molar-refractivity contribution in [3.8, 4) is 0 Å². The van der Waals surface area contributed by atoms with E-state index in [0.717, 1.165) is 25.6 Å². The molecule has 1 saturated heterocycles. The first-order valence-corrected chi connectivity index (χ1v) is 12.1. The van der Waals surface area contributed by atoms with Crippen LogP contribution in [0.4, 0.5) is 18.9 Å². The number of rotatable bonds is 7. The molecule has 5 atom stereocenters. The number of nitrogens with one attached hydrogen (secondary N) is 2. The van der Waals surface area contributed by atoms with Crippen molar-refractivity contribution in [2.45, 2.75) is 51.7 Å². The Morgan fingerprint density at radius 3 is 2.40 bits per heavy atom. The highest BCUT2D eigenvalue weighted by molar-refractivity contribution is 5.99. The van der Waals surface area contributed by atoms with Gasteiger partial charge in [0.15, 0.2) is 0 Å². The van der Waals surface area contributed by atoms with E-state index in [4.69, 9.17) is 0 Å². The molecule has 1 aliphatic heterocycles. The van der Waals surface area contributed by atoms with Gasteiger partial charge in [0.25, 0.3) is 17.9 Å². The summed E-state index contributed by atoms with van der Waals surface area (Å²) in [6, 6.07) is 4.61. The molecule has 6 nitrogen and oxygen atoms in total. The van der Waals surface area contributed by atoms with E-state index in [1.807, 2.05) is 0 Å². The number of anilines is 1. The van der Waals surface area contributed by atoms with Crippen LogP contribution in [0.3, 0.4) is 0 Å². The predicted molar refractivity (Wildman–Crippen MR) is 127 cm³/mol. The summed E-state index contributed by atoms with van der Waals surface area (Å²) in [5.41, 5.74) is -0.160. The van der Waals surface area contributed by atoms with Gasteiger partial charge in [-0.2, -0.15) is 0 Å². The van der Waals surface area contributed by atoms with Gasteiger partial charge < -0.3 is 20.1 Å². The van der Waals surface area contributed by atoms with Gasteiger partial charge in [-0.25, -0.2) is 13.2 Å². The Hall–Kier alpha value is -2.81. The number of benzene rings is 1. The third-order valence-electron chi connectivity index (χ3n) is 7.93. The van der Waals surface area contributed by atoms with Crippen LogP contribution in [-0.4, -0.2) is 41.6 Å². The molecule has 2 N–H and O–H groups in total. The molecule has 0 radical (unpaired) electrons. The molecule has 2 heterocycles. The maximum Gasteiger partial charge on any atom is 0.266 e. The number of pyridine rings is 1. The summed E-state index contributed by atoms with van der Waals surface area (Å²) >= 11 is 0. The molecule has 5 rings (SSSR count). The van der Waals surface area contributed by atoms with Crippen LogP contribution in [0.1, 0.15) is 67.2 Å². The van der Waals surface area contributed by atoms with Crippen LogP contribution in [0.25, 0.3) is 0 Å². The molecule has 0 spiro atoms. The Balaban J connectivity index is 1.43. The Kier molecular flexibility index (Phi) is 5.74. The van der Waals surface area contributed by atoms with Crippen LogP contribution in [0.15, 0.2) is 35.3 Å². The van der Waals surface area contributed by atoms with Crippen molar-refractivity contribution in [3.63, 3.8) is 0 Å². The van der Waals surface area contributed by atoms with Gasteiger partial charge in [-0.3, -0.25) is 9.59 Å². The molecular weight excluding hydrogens is 457 g/mol. The number of aromatic nitrogens is 1. The smallest absolute Gasteiger partial charge is 0.266 e. The molecule has 3 aliphatic rings. The minimum atomic E-state index is -2.95. The van der Waals surface area contributed by atoms with Gasteiger partial charge in [0.05, 0.1) is 22.9 Å². The molecule has 188 valence electrons. The normalized spacial score (nSPS) is 27.4. The van der Waals surface area contributed by atoms with Crippen molar-refractivity contribution < 1.29 is 18.0 Å². The fourth-order valence-corrected chi connectivity index (χ4v) is 5.56. The highest BCUT2D eigenvalue weighted by Gasteiger charge is 2.55. The van der Waals surface area contributed by atoms with Crippen molar-refractivity contribution in [3.05, 3.63) is 63.3 Å². The zero-order chi connectivity index (χ0) is 25.2. The molecule has 1 amide bonds. The van der Waals surface area contributed by atoms with Crippen molar-refractivity contribution in [2.75, 3.05) is 25.5 Å². The first-order chi connectivity index (χ1) is 16.5. The number of alkyl halides is 2. The highest BCUT2D eigenvalue weighted by Crippen LogP contribution is 2.55. The Labute approximate surface area is 202 Å². The number of carbonyl (C=O) groups is 1. The van der Waals surface area contributed by atoms with Crippen molar-refractivity contribution >= 4 is 11.6 Å². The minimum absolute atomic E-state index is 0.00199. The van der Waals surface area contributed by atoms with E-state index in [-0.39, 0.29) is 28.6 Å². The maximum absolute atomic E-state index is 14.7. The summed E-state index contributed by atoms with van der Waals surface area (Å²) in [7, 11) is 2.07. The van der Waals surface area contributed by atoms with E-state index < -0.39 is 29.8 Å². The molecule has 0 unspecified atom stereocenters. The van der Waals surface area contributed by atoms with E-state index in [1.54, 1.807) is 17.7 Å². The van der Waals surface area contributed by atoms with Crippen LogP contribution in [0, 0.1) is 23.1 Å². The largest absolute Gasteiger partial charge is 0.381 e. The van der Waals surface area contributed by atoms with E-state index in [2.05, 4.69) is 36.4 Å². The van der Waals surface area contributed by atoms with E-state index in [9.17, 15) is 22.8 Å². The zero-order valence-corrected chi connectivity index (χ0v) is 20.3. The molecule has 1 aromatic carbocycles. The molecule has 9 heteroatoms. The number of nitrogens with zero attached hydrogens (tertiary/aromatic N) is 2. The number of hydrogen-bond donors (Lipinski definition) is 2. The Morgan fingerprint density at radius 2 is 1.80 bits per heavy atom. The summed E-state index contributed by atoms with van der Waals surface area (Å²) in [4.78, 5) is 28.6. The number of hydrogen-bond acceptors (Lipinski definition) is 4. The minimum Gasteiger partial charge on any atom is -0.381 e. The molecule has 2 aliphatic carbocycles. The summed E-state index contributed by atoms with van der Waals surface area (Å²) in [5, 5.41) is 6.16. The number of amides is 1. The predicted octanol–water partition coefficient (Wildman–Crippen LogP) is 4.36. The first kappa shape index (κ1) is 23.9. The summed E-state index contributed by atoms with van der Waals surface area (Å²) in [6.07, 6.45) is -0.527. The number of fused-ring (bicyclic) bond motifs is 1. The van der Waals surface area contributed by atoms with Gasteiger partial charge in [-0.1, -0.05) is 32.0 Å². The topological polar surface area (TPSA) is 66.4 Å². The highest BCUT2D eigenvalue weighted by atomic mass is 19.3.